The van der Waals surface area contributed by atoms with Gasteiger partial charge in [-0.25, -0.2) is 0 Å². The van der Waals surface area contributed by atoms with Gasteiger partial charge in [-0.05, 0) is 51.4 Å². The fraction of sp³-hybridized carbons (Fsp3) is 0.915. The van der Waals surface area contributed by atoms with Crippen molar-refractivity contribution < 1.29 is 50.0 Å². The van der Waals surface area contributed by atoms with E-state index in [0.29, 0.717) is 19.3 Å². The largest absolute Gasteiger partial charge is 0.394 e. The zero-order valence-corrected chi connectivity index (χ0v) is 45.3. The highest BCUT2D eigenvalue weighted by Crippen LogP contribution is 2.23. The lowest BCUT2D eigenvalue weighted by Gasteiger charge is -2.40. The van der Waals surface area contributed by atoms with Gasteiger partial charge < -0.3 is 50.5 Å². The fourth-order valence-electron chi connectivity index (χ4n) is 9.64. The van der Waals surface area contributed by atoms with Gasteiger partial charge in [-0.1, -0.05) is 250 Å². The monoisotopic (exact) mass is 996 g/mol. The predicted molar refractivity (Wildman–Crippen MR) is 289 cm³/mol. The first-order chi connectivity index (χ1) is 34.2. The van der Waals surface area contributed by atoms with Crippen molar-refractivity contribution in [3.05, 3.63) is 24.3 Å². The van der Waals surface area contributed by atoms with E-state index in [-0.39, 0.29) is 12.8 Å². The van der Waals surface area contributed by atoms with Crippen LogP contribution in [-0.2, 0) is 14.3 Å². The van der Waals surface area contributed by atoms with Gasteiger partial charge in [-0.2, -0.15) is 0 Å². The van der Waals surface area contributed by atoms with E-state index in [1.165, 1.54) is 193 Å². The maximum absolute atomic E-state index is 13.2. The summed E-state index contributed by atoms with van der Waals surface area (Å²) in [6.45, 7) is 3.44. The first kappa shape index (κ1) is 66.6. The molecule has 1 heterocycles. The summed E-state index contributed by atoms with van der Waals surface area (Å²) in [5.74, 6) is -0.706. The van der Waals surface area contributed by atoms with Crippen LogP contribution in [0.2, 0.25) is 0 Å². The molecule has 11 nitrogen and oxygen atoms in total. The molecule has 414 valence electrons. The number of carbonyl (C=O) groups is 1. The number of aliphatic hydroxyl groups is 7. The molecule has 1 amide bonds. The van der Waals surface area contributed by atoms with Crippen LogP contribution in [0.3, 0.4) is 0 Å². The Morgan fingerprint density at radius 3 is 1.27 bits per heavy atom. The molecule has 70 heavy (non-hydrogen) atoms. The quantitative estimate of drug-likeness (QED) is 0.0215. The van der Waals surface area contributed by atoms with Crippen LogP contribution in [-0.4, -0.2) is 110 Å². The number of allylic oxidation sites excluding steroid dienone is 4. The normalized spacial score (nSPS) is 20.4. The molecule has 0 aliphatic carbocycles. The molecule has 0 aromatic carbocycles. The molecule has 9 atom stereocenters. The van der Waals surface area contributed by atoms with E-state index < -0.39 is 74.2 Å². The molecule has 0 aromatic rings. The third-order valence-corrected chi connectivity index (χ3v) is 14.5. The Morgan fingerprint density at radius 1 is 0.486 bits per heavy atom. The van der Waals surface area contributed by atoms with Gasteiger partial charge in [0, 0.05) is 0 Å². The third kappa shape index (κ3) is 36.5. The van der Waals surface area contributed by atoms with Gasteiger partial charge in [-0.3, -0.25) is 4.79 Å². The molecular weight excluding hydrogens is 883 g/mol. The van der Waals surface area contributed by atoms with Gasteiger partial charge >= 0.3 is 0 Å². The van der Waals surface area contributed by atoms with Crippen LogP contribution in [0.5, 0.6) is 0 Å². The molecule has 0 bridgehead atoms. The molecule has 11 heteroatoms. The van der Waals surface area contributed by atoms with Crippen LogP contribution in [0.15, 0.2) is 24.3 Å². The van der Waals surface area contributed by atoms with Gasteiger partial charge in [-0.15, -0.1) is 0 Å². The maximum atomic E-state index is 13.2. The Balaban J connectivity index is 2.23. The number of carbonyl (C=O) groups excluding carboxylic acids is 1. The van der Waals surface area contributed by atoms with E-state index in [4.69, 9.17) is 9.47 Å². The Hall–Kier alpha value is -1.41. The molecule has 0 aromatic heterocycles. The highest BCUT2D eigenvalue weighted by Gasteiger charge is 2.44. The average molecular weight is 997 g/mol. The first-order valence-electron chi connectivity index (χ1n) is 29.7. The molecule has 1 aliphatic rings. The van der Waals surface area contributed by atoms with Crippen LogP contribution in [0.1, 0.15) is 277 Å². The van der Waals surface area contributed by atoms with Gasteiger partial charge in [0.15, 0.2) is 6.29 Å². The minimum Gasteiger partial charge on any atom is -0.394 e. The van der Waals surface area contributed by atoms with Gasteiger partial charge in [0.05, 0.1) is 25.4 Å². The summed E-state index contributed by atoms with van der Waals surface area (Å²) in [5, 5.41) is 76.0. The van der Waals surface area contributed by atoms with Gasteiger partial charge in [0.1, 0.15) is 36.6 Å². The predicted octanol–water partition coefficient (Wildman–Crippen LogP) is 12.5. The lowest BCUT2D eigenvalue weighted by molar-refractivity contribution is -0.303. The first-order valence-corrected chi connectivity index (χ1v) is 29.7. The summed E-state index contributed by atoms with van der Waals surface area (Å²) in [7, 11) is 0. The Bertz CT molecular complexity index is 1190. The fourth-order valence-corrected chi connectivity index (χ4v) is 9.64. The van der Waals surface area contributed by atoms with Crippen LogP contribution in [0, 0.1) is 0 Å². The van der Waals surface area contributed by atoms with E-state index >= 15 is 0 Å². The zero-order chi connectivity index (χ0) is 51.1. The third-order valence-electron chi connectivity index (χ3n) is 14.5. The average Bonchev–Trinajstić information content (AvgIpc) is 3.36. The molecule has 1 aliphatic heterocycles. The van der Waals surface area contributed by atoms with E-state index in [9.17, 15) is 40.5 Å². The van der Waals surface area contributed by atoms with Crippen molar-refractivity contribution in [1.82, 2.24) is 5.32 Å². The number of rotatable bonds is 51. The highest BCUT2D eigenvalue weighted by atomic mass is 16.7. The van der Waals surface area contributed by atoms with Crippen LogP contribution in [0.25, 0.3) is 0 Å². The molecular formula is C59H113NO10. The SMILES string of the molecule is CCCCCCC/C=C/CC/C=C/CCCC(O)C(O)C(COC1OC(CO)C(O)C(O)C1O)NC(=O)C(O)CCCCCCCCCCCCCCCCCCCCCCCCCCCCCCC. The van der Waals surface area contributed by atoms with Crippen molar-refractivity contribution in [1.29, 1.82) is 0 Å². The molecule has 1 saturated heterocycles. The second-order valence-electron chi connectivity index (χ2n) is 21.1. The Kier molecular flexibility index (Phi) is 46.2. The maximum Gasteiger partial charge on any atom is 0.249 e. The van der Waals surface area contributed by atoms with Crippen molar-refractivity contribution in [2.45, 2.75) is 332 Å². The van der Waals surface area contributed by atoms with E-state index in [2.05, 4.69) is 43.5 Å². The molecule has 1 fully saturated rings. The lowest BCUT2D eigenvalue weighted by atomic mass is 9.98. The Morgan fingerprint density at radius 2 is 0.857 bits per heavy atom. The molecule has 0 saturated carbocycles. The van der Waals surface area contributed by atoms with Gasteiger partial charge in [0.25, 0.3) is 0 Å². The molecule has 1 rings (SSSR count). The smallest absolute Gasteiger partial charge is 0.249 e. The number of unbranched alkanes of at least 4 members (excludes halogenated alkanes) is 35. The topological polar surface area (TPSA) is 189 Å². The van der Waals surface area contributed by atoms with Crippen molar-refractivity contribution in [3.63, 3.8) is 0 Å². The van der Waals surface area contributed by atoms with Crippen molar-refractivity contribution in [3.8, 4) is 0 Å². The highest BCUT2D eigenvalue weighted by molar-refractivity contribution is 5.80. The summed E-state index contributed by atoms with van der Waals surface area (Å²) in [4.78, 5) is 13.2. The number of hydrogen-bond acceptors (Lipinski definition) is 10. The molecule has 9 unspecified atom stereocenters. The number of ether oxygens (including phenoxy) is 2. The van der Waals surface area contributed by atoms with E-state index in [0.717, 1.165) is 38.5 Å². The number of amides is 1. The Labute approximate surface area is 429 Å². The standard InChI is InChI=1S/C59H113NO10/c1-3-5-7-9-11-13-15-17-19-20-21-22-23-24-25-26-27-28-29-30-31-32-33-35-37-39-41-43-45-47-52(63)58(68)60-50(49-69-59-57(67)56(66)55(65)53(48-61)70-59)54(64)51(62)46-44-42-40-38-36-34-18-16-14-12-10-8-6-4-2/h16,18,38,40,50-57,59,61-67H,3-15,17,19-37,39,41-49H2,1-2H3,(H,60,68)/b18-16+,40-38+. The van der Waals surface area contributed by atoms with Crippen LogP contribution in [0.4, 0.5) is 0 Å². The number of aliphatic hydroxyl groups excluding tert-OH is 7. The minimum absolute atomic E-state index is 0.248. The summed E-state index contributed by atoms with van der Waals surface area (Å²) >= 11 is 0. The summed E-state index contributed by atoms with van der Waals surface area (Å²) in [6.07, 6.45) is 46.8. The molecule has 0 radical (unpaired) electrons. The summed E-state index contributed by atoms with van der Waals surface area (Å²) < 4.78 is 11.1. The van der Waals surface area contributed by atoms with E-state index in [1.807, 2.05) is 0 Å². The summed E-state index contributed by atoms with van der Waals surface area (Å²) in [5.41, 5.74) is 0. The number of hydrogen-bond donors (Lipinski definition) is 8. The molecule has 0 spiro atoms. The van der Waals surface area contributed by atoms with E-state index in [1.54, 1.807) is 0 Å². The van der Waals surface area contributed by atoms with Crippen LogP contribution >= 0.6 is 0 Å². The van der Waals surface area contributed by atoms with Crippen molar-refractivity contribution in [2.75, 3.05) is 13.2 Å². The number of nitrogens with one attached hydrogen (secondary N) is 1. The van der Waals surface area contributed by atoms with Crippen molar-refractivity contribution in [2.24, 2.45) is 0 Å². The second-order valence-corrected chi connectivity index (χ2v) is 21.1. The summed E-state index contributed by atoms with van der Waals surface area (Å²) in [6, 6.07) is -1.19. The van der Waals surface area contributed by atoms with Crippen molar-refractivity contribution >= 4 is 5.91 Å². The van der Waals surface area contributed by atoms with Crippen LogP contribution < -0.4 is 5.32 Å². The second kappa shape index (κ2) is 48.5. The van der Waals surface area contributed by atoms with Gasteiger partial charge in [0.2, 0.25) is 5.91 Å². The minimum atomic E-state index is -1.67. The molecule has 8 N–H and O–H groups in total. The zero-order valence-electron chi connectivity index (χ0n) is 45.3. The lowest BCUT2D eigenvalue weighted by Crippen LogP contribution is -2.60.